The van der Waals surface area contributed by atoms with Crippen molar-refractivity contribution in [3.63, 3.8) is 0 Å². The molecule has 98 valence electrons. The number of carboxylic acids is 1. The van der Waals surface area contributed by atoms with Crippen LogP contribution in [0.4, 0.5) is 0 Å². The lowest BCUT2D eigenvalue weighted by Gasteiger charge is -2.33. The first-order valence-corrected chi connectivity index (χ1v) is 7.04. The average Bonchev–Trinajstić information content (AvgIpc) is 2.32. The largest absolute Gasteiger partial charge is 0.481 e. The van der Waals surface area contributed by atoms with E-state index in [1.54, 1.807) is 0 Å². The minimum atomic E-state index is -0.711. The normalized spacial score (nSPS) is 22.7. The third-order valence-electron chi connectivity index (χ3n) is 3.63. The van der Waals surface area contributed by atoms with Crippen molar-refractivity contribution in [3.8, 4) is 0 Å². The summed E-state index contributed by atoms with van der Waals surface area (Å²) >= 11 is 3.38. The summed E-state index contributed by atoms with van der Waals surface area (Å²) in [6.45, 7) is 1.94. The Morgan fingerprint density at radius 3 is 2.67 bits per heavy atom. The van der Waals surface area contributed by atoms with Crippen LogP contribution in [0.5, 0.6) is 0 Å². The molecule has 0 saturated carbocycles. The van der Waals surface area contributed by atoms with Crippen molar-refractivity contribution in [2.45, 2.75) is 18.8 Å². The van der Waals surface area contributed by atoms with Gasteiger partial charge in [0.2, 0.25) is 0 Å². The molecule has 0 spiro atoms. The molecular weight excluding hydrogens is 294 g/mol. The summed E-state index contributed by atoms with van der Waals surface area (Å²) in [5.74, 6) is -0.888. The highest BCUT2D eigenvalue weighted by molar-refractivity contribution is 9.10. The molecule has 3 nitrogen and oxygen atoms in total. The van der Waals surface area contributed by atoms with Crippen LogP contribution in [0.1, 0.15) is 24.3 Å². The minimum absolute atomic E-state index is 0.211. The fourth-order valence-corrected chi connectivity index (χ4v) is 3.03. The van der Waals surface area contributed by atoms with E-state index < -0.39 is 5.97 Å². The number of nitrogens with zero attached hydrogens (tertiary/aromatic N) is 1. The molecule has 1 fully saturated rings. The molecule has 1 aromatic rings. The summed E-state index contributed by atoms with van der Waals surface area (Å²) in [6, 6.07) is 7.66. The van der Waals surface area contributed by atoms with Gasteiger partial charge in [0.1, 0.15) is 0 Å². The Labute approximate surface area is 116 Å². The molecule has 0 aliphatic carbocycles. The van der Waals surface area contributed by atoms with Gasteiger partial charge in [-0.25, -0.2) is 0 Å². The van der Waals surface area contributed by atoms with E-state index in [1.165, 1.54) is 0 Å². The maximum Gasteiger partial charge on any atom is 0.311 e. The van der Waals surface area contributed by atoms with Crippen molar-refractivity contribution >= 4 is 21.9 Å². The molecule has 1 aromatic carbocycles. The molecule has 0 amide bonds. The van der Waals surface area contributed by atoms with Crippen molar-refractivity contribution in [1.29, 1.82) is 0 Å². The lowest BCUT2D eigenvalue weighted by molar-refractivity contribution is -0.140. The number of carboxylic acid groups (broad SMARTS) is 1. The number of hydrogen-bond donors (Lipinski definition) is 1. The molecular formula is C14H18BrNO2. The smallest absolute Gasteiger partial charge is 0.311 e. The number of rotatable bonds is 3. The molecule has 2 atom stereocenters. The van der Waals surface area contributed by atoms with E-state index in [4.69, 9.17) is 0 Å². The predicted molar refractivity (Wildman–Crippen MR) is 74.7 cm³/mol. The Morgan fingerprint density at radius 1 is 1.44 bits per heavy atom. The van der Waals surface area contributed by atoms with Gasteiger partial charge >= 0.3 is 5.97 Å². The van der Waals surface area contributed by atoms with Gasteiger partial charge in [-0.2, -0.15) is 0 Å². The van der Waals surface area contributed by atoms with E-state index in [9.17, 15) is 9.90 Å². The highest BCUT2D eigenvalue weighted by Gasteiger charge is 2.32. The number of piperidine rings is 1. The van der Waals surface area contributed by atoms with Gasteiger partial charge in [-0.15, -0.1) is 0 Å². The van der Waals surface area contributed by atoms with Crippen molar-refractivity contribution in [1.82, 2.24) is 4.90 Å². The predicted octanol–water partition coefficient (Wildman–Crippen LogP) is 2.96. The van der Waals surface area contributed by atoms with Crippen LogP contribution in [0, 0.1) is 5.92 Å². The molecule has 1 N–H and O–H groups in total. The second-order valence-electron chi connectivity index (χ2n) is 5.03. The zero-order valence-electron chi connectivity index (χ0n) is 10.5. The average molecular weight is 312 g/mol. The zero-order valence-corrected chi connectivity index (χ0v) is 12.1. The SMILES string of the molecule is CN1CCCC(C(C(=O)O)c2ccc(Br)cc2)C1. The van der Waals surface area contributed by atoms with Gasteiger partial charge < -0.3 is 10.0 Å². The topological polar surface area (TPSA) is 40.5 Å². The first-order valence-electron chi connectivity index (χ1n) is 6.24. The number of likely N-dealkylation sites (tertiary alicyclic amines) is 1. The standard InChI is InChI=1S/C14H18BrNO2/c1-16-8-2-3-11(9-16)13(14(17)18)10-4-6-12(15)7-5-10/h4-7,11,13H,2-3,8-9H2,1H3,(H,17,18). The van der Waals surface area contributed by atoms with Crippen LogP contribution in [-0.4, -0.2) is 36.1 Å². The number of halogens is 1. The fraction of sp³-hybridized carbons (Fsp3) is 0.500. The van der Waals surface area contributed by atoms with Gasteiger partial charge in [-0.1, -0.05) is 28.1 Å². The maximum absolute atomic E-state index is 11.6. The van der Waals surface area contributed by atoms with Crippen molar-refractivity contribution in [2.24, 2.45) is 5.92 Å². The van der Waals surface area contributed by atoms with Gasteiger partial charge in [-0.05, 0) is 50.0 Å². The van der Waals surface area contributed by atoms with Crippen molar-refractivity contribution in [2.75, 3.05) is 20.1 Å². The summed E-state index contributed by atoms with van der Waals surface area (Å²) in [5, 5.41) is 9.50. The second kappa shape index (κ2) is 5.85. The monoisotopic (exact) mass is 311 g/mol. The Morgan fingerprint density at radius 2 is 2.11 bits per heavy atom. The van der Waals surface area contributed by atoms with E-state index in [0.717, 1.165) is 36.0 Å². The molecule has 0 bridgehead atoms. The van der Waals surface area contributed by atoms with Crippen molar-refractivity contribution < 1.29 is 9.90 Å². The van der Waals surface area contributed by atoms with Crippen LogP contribution < -0.4 is 0 Å². The number of aliphatic carboxylic acids is 1. The first kappa shape index (κ1) is 13.6. The van der Waals surface area contributed by atoms with Gasteiger partial charge in [0.25, 0.3) is 0 Å². The van der Waals surface area contributed by atoms with Gasteiger partial charge in [0.05, 0.1) is 5.92 Å². The number of carbonyl (C=O) groups is 1. The van der Waals surface area contributed by atoms with Crippen LogP contribution in [-0.2, 0) is 4.79 Å². The van der Waals surface area contributed by atoms with Gasteiger partial charge in [0, 0.05) is 11.0 Å². The molecule has 2 unspecified atom stereocenters. The Kier molecular flexibility index (Phi) is 4.40. The number of hydrogen-bond acceptors (Lipinski definition) is 2. The number of benzene rings is 1. The second-order valence-corrected chi connectivity index (χ2v) is 5.95. The summed E-state index contributed by atoms with van der Waals surface area (Å²) in [6.07, 6.45) is 2.08. The molecule has 1 saturated heterocycles. The molecule has 1 heterocycles. The minimum Gasteiger partial charge on any atom is -0.481 e. The summed E-state index contributed by atoms with van der Waals surface area (Å²) in [4.78, 5) is 13.8. The van der Waals surface area contributed by atoms with Crippen LogP contribution in [0.3, 0.4) is 0 Å². The molecule has 0 aromatic heterocycles. The molecule has 18 heavy (non-hydrogen) atoms. The van der Waals surface area contributed by atoms with E-state index >= 15 is 0 Å². The first-order chi connectivity index (χ1) is 8.58. The molecule has 1 aliphatic rings. The van der Waals surface area contributed by atoms with E-state index in [-0.39, 0.29) is 11.8 Å². The van der Waals surface area contributed by atoms with Crippen LogP contribution >= 0.6 is 15.9 Å². The quantitative estimate of drug-likeness (QED) is 0.933. The summed E-state index contributed by atoms with van der Waals surface area (Å²) in [7, 11) is 2.06. The summed E-state index contributed by atoms with van der Waals surface area (Å²) in [5.41, 5.74) is 0.908. The molecule has 2 rings (SSSR count). The van der Waals surface area contributed by atoms with Crippen LogP contribution in [0.15, 0.2) is 28.7 Å². The highest BCUT2D eigenvalue weighted by atomic mass is 79.9. The molecule has 1 aliphatic heterocycles. The van der Waals surface area contributed by atoms with Crippen molar-refractivity contribution in [3.05, 3.63) is 34.3 Å². The van der Waals surface area contributed by atoms with Gasteiger partial charge in [-0.3, -0.25) is 4.79 Å². The lowest BCUT2D eigenvalue weighted by atomic mass is 9.81. The molecule has 0 radical (unpaired) electrons. The highest BCUT2D eigenvalue weighted by Crippen LogP contribution is 2.32. The Bertz CT molecular complexity index is 418. The zero-order chi connectivity index (χ0) is 13.1. The fourth-order valence-electron chi connectivity index (χ4n) is 2.76. The van der Waals surface area contributed by atoms with E-state index in [2.05, 4.69) is 27.9 Å². The Balaban J connectivity index is 2.22. The van der Waals surface area contributed by atoms with Crippen LogP contribution in [0.25, 0.3) is 0 Å². The van der Waals surface area contributed by atoms with E-state index in [1.807, 2.05) is 24.3 Å². The van der Waals surface area contributed by atoms with E-state index in [0.29, 0.717) is 0 Å². The Hall–Kier alpha value is -0.870. The third-order valence-corrected chi connectivity index (χ3v) is 4.16. The maximum atomic E-state index is 11.6. The van der Waals surface area contributed by atoms with Gasteiger partial charge in [0.15, 0.2) is 0 Å². The summed E-state index contributed by atoms with van der Waals surface area (Å²) < 4.78 is 0.983. The third kappa shape index (κ3) is 3.12. The molecule has 4 heteroatoms. The van der Waals surface area contributed by atoms with Crippen LogP contribution in [0.2, 0.25) is 0 Å². The lowest BCUT2D eigenvalue weighted by Crippen LogP contribution is -2.37.